The lowest BCUT2D eigenvalue weighted by Crippen LogP contribution is -2.28. The van der Waals surface area contributed by atoms with Crippen molar-refractivity contribution in [2.75, 3.05) is 6.54 Å². The molecule has 0 aromatic heterocycles. The van der Waals surface area contributed by atoms with Crippen LogP contribution in [0.4, 0.5) is 4.39 Å². The van der Waals surface area contributed by atoms with Crippen LogP contribution in [-0.4, -0.2) is 12.5 Å². The van der Waals surface area contributed by atoms with Gasteiger partial charge in [-0.1, -0.05) is 19.1 Å². The van der Waals surface area contributed by atoms with E-state index in [1.54, 1.807) is 13.0 Å². The highest BCUT2D eigenvalue weighted by atomic mass is 19.1. The summed E-state index contributed by atoms with van der Waals surface area (Å²) < 4.78 is 12.9. The molecule has 0 fully saturated rings. The van der Waals surface area contributed by atoms with Crippen molar-refractivity contribution in [3.8, 4) is 0 Å². The van der Waals surface area contributed by atoms with Crippen LogP contribution in [0.15, 0.2) is 35.5 Å². The number of carbonyl (C=O) groups is 1. The lowest BCUT2D eigenvalue weighted by atomic mass is 10.1. The molecule has 18 heavy (non-hydrogen) atoms. The molecule has 1 aromatic carbocycles. The third-order valence-corrected chi connectivity index (χ3v) is 2.69. The van der Waals surface area contributed by atoms with Crippen LogP contribution in [0.2, 0.25) is 0 Å². The zero-order chi connectivity index (χ0) is 13.5. The van der Waals surface area contributed by atoms with Gasteiger partial charge in [-0.2, -0.15) is 0 Å². The van der Waals surface area contributed by atoms with Crippen LogP contribution < -0.4 is 11.1 Å². The highest BCUT2D eigenvalue weighted by molar-refractivity contribution is 5.93. The SMILES string of the molecule is CC/C(C(=O)NCCc1cccc(F)c1)=C(\C)N. The molecule has 98 valence electrons. The number of amides is 1. The second-order valence-electron chi connectivity index (χ2n) is 4.15. The Morgan fingerprint density at radius 2 is 2.17 bits per heavy atom. The minimum Gasteiger partial charge on any atom is -0.402 e. The first-order chi connectivity index (χ1) is 8.54. The Hall–Kier alpha value is -1.84. The van der Waals surface area contributed by atoms with Crippen molar-refractivity contribution in [2.45, 2.75) is 26.7 Å². The molecule has 0 unspecified atom stereocenters. The summed E-state index contributed by atoms with van der Waals surface area (Å²) in [5.41, 5.74) is 7.63. The number of benzene rings is 1. The zero-order valence-corrected chi connectivity index (χ0v) is 10.8. The standard InChI is InChI=1S/C14H19FN2O/c1-3-13(10(2)16)14(18)17-8-7-11-5-4-6-12(15)9-11/h4-6,9H,3,7-8,16H2,1-2H3,(H,17,18)/b13-10-. The van der Waals surface area contributed by atoms with E-state index in [9.17, 15) is 9.18 Å². The molecule has 0 spiro atoms. The van der Waals surface area contributed by atoms with Crippen molar-refractivity contribution in [3.63, 3.8) is 0 Å². The summed E-state index contributed by atoms with van der Waals surface area (Å²) in [5, 5.41) is 2.78. The Kier molecular flexibility index (Phi) is 5.36. The number of halogens is 1. The smallest absolute Gasteiger partial charge is 0.248 e. The minimum absolute atomic E-state index is 0.145. The highest BCUT2D eigenvalue weighted by Crippen LogP contribution is 2.05. The van der Waals surface area contributed by atoms with E-state index in [0.717, 1.165) is 5.56 Å². The monoisotopic (exact) mass is 250 g/mol. The van der Waals surface area contributed by atoms with Gasteiger partial charge in [0.25, 0.3) is 0 Å². The summed E-state index contributed by atoms with van der Waals surface area (Å²) in [6, 6.07) is 6.36. The van der Waals surface area contributed by atoms with E-state index >= 15 is 0 Å². The van der Waals surface area contributed by atoms with Gasteiger partial charge in [0.1, 0.15) is 5.82 Å². The van der Waals surface area contributed by atoms with Crippen molar-refractivity contribution < 1.29 is 9.18 Å². The summed E-state index contributed by atoms with van der Waals surface area (Å²) >= 11 is 0. The van der Waals surface area contributed by atoms with Crippen LogP contribution in [-0.2, 0) is 11.2 Å². The Balaban J connectivity index is 2.47. The molecular weight excluding hydrogens is 231 g/mol. The predicted molar refractivity (Wildman–Crippen MR) is 70.3 cm³/mol. The van der Waals surface area contributed by atoms with Crippen LogP contribution >= 0.6 is 0 Å². The summed E-state index contributed by atoms with van der Waals surface area (Å²) in [5.74, 6) is -0.403. The molecule has 0 aliphatic rings. The van der Waals surface area contributed by atoms with E-state index in [2.05, 4.69) is 5.32 Å². The van der Waals surface area contributed by atoms with Crippen molar-refractivity contribution in [1.29, 1.82) is 0 Å². The number of nitrogens with one attached hydrogen (secondary N) is 1. The topological polar surface area (TPSA) is 55.1 Å². The summed E-state index contributed by atoms with van der Waals surface area (Å²) in [4.78, 5) is 11.7. The van der Waals surface area contributed by atoms with E-state index in [4.69, 9.17) is 5.73 Å². The van der Waals surface area contributed by atoms with Gasteiger partial charge in [-0.3, -0.25) is 4.79 Å². The van der Waals surface area contributed by atoms with Crippen molar-refractivity contribution in [2.24, 2.45) is 5.73 Å². The first-order valence-electron chi connectivity index (χ1n) is 6.02. The lowest BCUT2D eigenvalue weighted by Gasteiger charge is -2.08. The van der Waals surface area contributed by atoms with E-state index in [1.165, 1.54) is 12.1 Å². The number of carbonyl (C=O) groups excluding carboxylic acids is 1. The average Bonchev–Trinajstić information content (AvgIpc) is 2.29. The van der Waals surface area contributed by atoms with E-state index in [-0.39, 0.29) is 11.7 Å². The molecule has 0 aliphatic carbocycles. The second-order valence-corrected chi connectivity index (χ2v) is 4.15. The fourth-order valence-electron chi connectivity index (χ4n) is 1.74. The predicted octanol–water partition coefficient (Wildman–Crippen LogP) is 2.13. The van der Waals surface area contributed by atoms with Gasteiger partial charge in [0, 0.05) is 17.8 Å². The van der Waals surface area contributed by atoms with Crippen molar-refractivity contribution in [3.05, 3.63) is 46.9 Å². The molecule has 0 heterocycles. The third kappa shape index (κ3) is 4.20. The second kappa shape index (κ2) is 6.79. The summed E-state index contributed by atoms with van der Waals surface area (Å²) in [6.45, 7) is 4.07. The maximum Gasteiger partial charge on any atom is 0.248 e. The highest BCUT2D eigenvalue weighted by Gasteiger charge is 2.08. The first-order valence-corrected chi connectivity index (χ1v) is 6.02. The Morgan fingerprint density at radius 1 is 1.44 bits per heavy atom. The molecule has 0 bridgehead atoms. The normalized spacial score (nSPS) is 11.9. The number of nitrogens with two attached hydrogens (primary N) is 1. The molecule has 1 aromatic rings. The van der Waals surface area contributed by atoms with Crippen LogP contribution in [0, 0.1) is 5.82 Å². The molecule has 1 rings (SSSR count). The van der Waals surface area contributed by atoms with Crippen molar-refractivity contribution in [1.82, 2.24) is 5.32 Å². The van der Waals surface area contributed by atoms with Crippen LogP contribution in [0.1, 0.15) is 25.8 Å². The minimum atomic E-state index is -0.259. The fourth-order valence-corrected chi connectivity index (χ4v) is 1.74. The number of hydrogen-bond acceptors (Lipinski definition) is 2. The largest absolute Gasteiger partial charge is 0.402 e. The van der Waals surface area contributed by atoms with Gasteiger partial charge < -0.3 is 11.1 Å². The lowest BCUT2D eigenvalue weighted by molar-refractivity contribution is -0.117. The quantitative estimate of drug-likeness (QED) is 0.786. The summed E-state index contributed by atoms with van der Waals surface area (Å²) in [6.07, 6.45) is 1.21. The van der Waals surface area contributed by atoms with Gasteiger partial charge in [-0.05, 0) is 37.5 Å². The van der Waals surface area contributed by atoms with Gasteiger partial charge in [0.15, 0.2) is 0 Å². The Bertz CT molecular complexity index is 451. The van der Waals surface area contributed by atoms with E-state index < -0.39 is 0 Å². The molecule has 0 atom stereocenters. The fraction of sp³-hybridized carbons (Fsp3) is 0.357. The third-order valence-electron chi connectivity index (χ3n) is 2.69. The summed E-state index contributed by atoms with van der Waals surface area (Å²) in [7, 11) is 0. The Morgan fingerprint density at radius 3 is 2.72 bits per heavy atom. The average molecular weight is 250 g/mol. The van der Waals surface area contributed by atoms with Gasteiger partial charge in [0.05, 0.1) is 0 Å². The van der Waals surface area contributed by atoms with Gasteiger partial charge in [-0.15, -0.1) is 0 Å². The maximum atomic E-state index is 12.9. The zero-order valence-electron chi connectivity index (χ0n) is 10.8. The van der Waals surface area contributed by atoms with Gasteiger partial charge in [-0.25, -0.2) is 4.39 Å². The van der Waals surface area contributed by atoms with Crippen molar-refractivity contribution >= 4 is 5.91 Å². The van der Waals surface area contributed by atoms with Crippen LogP contribution in [0.3, 0.4) is 0 Å². The molecular formula is C14H19FN2O. The molecule has 3 nitrogen and oxygen atoms in total. The number of hydrogen-bond donors (Lipinski definition) is 2. The van der Waals surface area contributed by atoms with Crippen LogP contribution in [0.25, 0.3) is 0 Å². The van der Waals surface area contributed by atoms with E-state index in [1.807, 2.05) is 13.0 Å². The number of allylic oxidation sites excluding steroid dienone is 1. The molecule has 0 saturated carbocycles. The first kappa shape index (κ1) is 14.2. The molecule has 4 heteroatoms. The van der Waals surface area contributed by atoms with Gasteiger partial charge >= 0.3 is 0 Å². The van der Waals surface area contributed by atoms with E-state index in [0.29, 0.717) is 30.7 Å². The van der Waals surface area contributed by atoms with Gasteiger partial charge in [0.2, 0.25) is 5.91 Å². The van der Waals surface area contributed by atoms with Crippen LogP contribution in [0.5, 0.6) is 0 Å². The maximum absolute atomic E-state index is 12.9. The number of rotatable bonds is 5. The molecule has 3 N–H and O–H groups in total. The molecule has 0 aliphatic heterocycles. The molecule has 0 radical (unpaired) electrons. The molecule has 1 amide bonds. The Labute approximate surface area is 107 Å². The molecule has 0 saturated heterocycles.